The lowest BCUT2D eigenvalue weighted by Gasteiger charge is -2.26. The third-order valence-electron chi connectivity index (χ3n) is 3.73. The Hall–Kier alpha value is -1.16. The Balaban J connectivity index is 2.19. The zero-order chi connectivity index (χ0) is 17.0. The molecular formula is C14H19BrN2O5S. The largest absolute Gasteiger partial charge is 0.465 e. The van der Waals surface area contributed by atoms with E-state index >= 15 is 0 Å². The fourth-order valence-electron chi connectivity index (χ4n) is 2.81. The first-order chi connectivity index (χ1) is 10.8. The molecule has 1 heterocycles. The number of carboxylic acid groups (broad SMARTS) is 1. The van der Waals surface area contributed by atoms with E-state index in [4.69, 9.17) is 0 Å². The molecule has 7 nitrogen and oxygen atoms in total. The Morgan fingerprint density at radius 3 is 2.87 bits per heavy atom. The first-order valence-corrected chi connectivity index (χ1v) is 9.50. The smallest absolute Gasteiger partial charge is 0.407 e. The number of halogens is 1. The molecule has 0 aliphatic carbocycles. The van der Waals surface area contributed by atoms with Crippen molar-refractivity contribution in [3.05, 3.63) is 34.3 Å². The maximum atomic E-state index is 11.9. The summed E-state index contributed by atoms with van der Waals surface area (Å²) in [4.78, 5) is 12.7. The highest BCUT2D eigenvalue weighted by atomic mass is 79.9. The standard InChI is InChI=1S/C14H19BrN2O5S/c1-22-9-23(20,21)16-12-5-6-17(14(18)19)13(12)8-10-3-2-4-11(15)7-10/h2-4,7,12-13,16H,5-6,8-9H2,1H3,(H,18,19). The molecule has 2 atom stereocenters. The van der Waals surface area contributed by atoms with Gasteiger partial charge < -0.3 is 14.7 Å². The average Bonchev–Trinajstić information content (AvgIpc) is 2.81. The van der Waals surface area contributed by atoms with Crippen LogP contribution in [0.2, 0.25) is 0 Å². The highest BCUT2D eigenvalue weighted by molar-refractivity contribution is 9.10. The Morgan fingerprint density at radius 2 is 2.26 bits per heavy atom. The lowest BCUT2D eigenvalue weighted by molar-refractivity contribution is 0.137. The first-order valence-electron chi connectivity index (χ1n) is 7.05. The van der Waals surface area contributed by atoms with Crippen LogP contribution in [-0.4, -0.2) is 56.2 Å². The van der Waals surface area contributed by atoms with Crippen molar-refractivity contribution in [3.63, 3.8) is 0 Å². The number of likely N-dealkylation sites (tertiary alicyclic amines) is 1. The van der Waals surface area contributed by atoms with Gasteiger partial charge in [-0.25, -0.2) is 17.9 Å². The maximum Gasteiger partial charge on any atom is 0.407 e. The number of nitrogens with one attached hydrogen (secondary N) is 1. The van der Waals surface area contributed by atoms with Gasteiger partial charge in [-0.15, -0.1) is 0 Å². The van der Waals surface area contributed by atoms with Gasteiger partial charge in [0.1, 0.15) is 0 Å². The molecule has 23 heavy (non-hydrogen) atoms. The maximum absolute atomic E-state index is 11.9. The van der Waals surface area contributed by atoms with Crippen LogP contribution in [0.25, 0.3) is 0 Å². The molecule has 9 heteroatoms. The summed E-state index contributed by atoms with van der Waals surface area (Å²) in [7, 11) is -2.30. The van der Waals surface area contributed by atoms with Gasteiger partial charge in [0.2, 0.25) is 10.0 Å². The van der Waals surface area contributed by atoms with Crippen LogP contribution < -0.4 is 4.72 Å². The molecule has 2 rings (SSSR count). The van der Waals surface area contributed by atoms with Crippen molar-refractivity contribution in [1.82, 2.24) is 9.62 Å². The summed E-state index contributed by atoms with van der Waals surface area (Å²) in [5.74, 6) is -0.444. The molecule has 2 N–H and O–H groups in total. The molecule has 1 amide bonds. The van der Waals surface area contributed by atoms with Gasteiger partial charge in [-0.1, -0.05) is 28.1 Å². The number of hydrogen-bond donors (Lipinski definition) is 2. The van der Waals surface area contributed by atoms with E-state index in [1.165, 1.54) is 12.0 Å². The third kappa shape index (κ3) is 4.90. The SMILES string of the molecule is COCS(=O)(=O)NC1CCN(C(=O)O)C1Cc1cccc(Br)c1. The number of hydrogen-bond acceptors (Lipinski definition) is 4. The van der Waals surface area contributed by atoms with E-state index in [2.05, 4.69) is 25.4 Å². The molecule has 1 aliphatic rings. The number of methoxy groups -OCH3 is 1. The second-order valence-electron chi connectivity index (χ2n) is 5.41. The molecule has 1 aromatic carbocycles. The van der Waals surface area contributed by atoms with Crippen LogP contribution in [0.3, 0.4) is 0 Å². The molecule has 1 aromatic rings. The van der Waals surface area contributed by atoms with E-state index in [1.54, 1.807) is 0 Å². The normalized spacial score (nSPS) is 21.6. The summed E-state index contributed by atoms with van der Waals surface area (Å²) in [6.07, 6.45) is -0.168. The van der Waals surface area contributed by atoms with Gasteiger partial charge in [0.25, 0.3) is 0 Å². The second-order valence-corrected chi connectivity index (χ2v) is 8.03. The zero-order valence-electron chi connectivity index (χ0n) is 12.6. The molecule has 128 valence electrons. The van der Waals surface area contributed by atoms with Crippen molar-refractivity contribution < 1.29 is 23.1 Å². The summed E-state index contributed by atoms with van der Waals surface area (Å²) in [5.41, 5.74) is 0.938. The fourth-order valence-corrected chi connectivity index (χ4v) is 4.37. The summed E-state index contributed by atoms with van der Waals surface area (Å²) < 4.78 is 31.9. The number of ether oxygens (including phenoxy) is 1. The van der Waals surface area contributed by atoms with E-state index in [9.17, 15) is 18.3 Å². The number of nitrogens with zero attached hydrogens (tertiary/aromatic N) is 1. The summed E-state index contributed by atoms with van der Waals surface area (Å²) in [6.45, 7) is 0.300. The van der Waals surface area contributed by atoms with Crippen molar-refractivity contribution in [2.75, 3.05) is 19.6 Å². The Morgan fingerprint density at radius 1 is 1.52 bits per heavy atom. The monoisotopic (exact) mass is 406 g/mol. The van der Waals surface area contributed by atoms with Gasteiger partial charge >= 0.3 is 6.09 Å². The van der Waals surface area contributed by atoms with E-state index in [0.717, 1.165) is 10.0 Å². The Bertz CT molecular complexity index is 667. The molecular weight excluding hydrogens is 388 g/mol. The van der Waals surface area contributed by atoms with Crippen molar-refractivity contribution in [2.45, 2.75) is 24.9 Å². The minimum Gasteiger partial charge on any atom is -0.465 e. The first kappa shape index (κ1) is 18.2. The third-order valence-corrected chi connectivity index (χ3v) is 5.43. The molecule has 0 spiro atoms. The number of amides is 1. The average molecular weight is 407 g/mol. The van der Waals surface area contributed by atoms with Crippen LogP contribution in [0.4, 0.5) is 4.79 Å². The van der Waals surface area contributed by atoms with Gasteiger partial charge in [-0.05, 0) is 30.5 Å². The van der Waals surface area contributed by atoms with Crippen LogP contribution in [0.5, 0.6) is 0 Å². The fraction of sp³-hybridized carbons (Fsp3) is 0.500. The second kappa shape index (κ2) is 7.61. The molecule has 1 saturated heterocycles. The van der Waals surface area contributed by atoms with E-state index in [-0.39, 0.29) is 0 Å². The predicted octanol–water partition coefficient (Wildman–Crippen LogP) is 1.64. The van der Waals surface area contributed by atoms with Crippen LogP contribution in [0, 0.1) is 0 Å². The molecule has 0 radical (unpaired) electrons. The number of sulfonamides is 1. The summed E-state index contributed by atoms with van der Waals surface area (Å²) >= 11 is 3.38. The van der Waals surface area contributed by atoms with Crippen molar-refractivity contribution in [1.29, 1.82) is 0 Å². The number of benzene rings is 1. The predicted molar refractivity (Wildman–Crippen MR) is 88.7 cm³/mol. The minimum absolute atomic E-state index is 0.300. The molecule has 1 aliphatic heterocycles. The highest BCUT2D eigenvalue weighted by Gasteiger charge is 2.39. The van der Waals surface area contributed by atoms with Gasteiger partial charge in [0.05, 0.1) is 6.04 Å². The minimum atomic E-state index is -3.60. The van der Waals surface area contributed by atoms with Gasteiger partial charge in [0.15, 0.2) is 5.94 Å². The quantitative estimate of drug-likeness (QED) is 0.748. The lowest BCUT2D eigenvalue weighted by atomic mass is 10.0. The van der Waals surface area contributed by atoms with Gasteiger partial charge in [-0.3, -0.25) is 0 Å². The molecule has 0 bridgehead atoms. The van der Waals surface area contributed by atoms with Crippen molar-refractivity contribution >= 4 is 32.0 Å². The van der Waals surface area contributed by atoms with Crippen molar-refractivity contribution in [3.8, 4) is 0 Å². The lowest BCUT2D eigenvalue weighted by Crippen LogP contribution is -2.48. The highest BCUT2D eigenvalue weighted by Crippen LogP contribution is 2.24. The van der Waals surface area contributed by atoms with E-state index < -0.39 is 34.1 Å². The van der Waals surface area contributed by atoms with Crippen LogP contribution in [0.15, 0.2) is 28.7 Å². The number of carbonyl (C=O) groups is 1. The Labute approximate surface area is 143 Å². The van der Waals surface area contributed by atoms with Crippen LogP contribution in [-0.2, 0) is 21.2 Å². The zero-order valence-corrected chi connectivity index (χ0v) is 15.0. The Kier molecular flexibility index (Phi) is 6.01. The van der Waals surface area contributed by atoms with Gasteiger partial charge in [0, 0.05) is 24.2 Å². The summed E-state index contributed by atoms with van der Waals surface area (Å²) in [5, 5.41) is 9.35. The molecule has 1 fully saturated rings. The van der Waals surface area contributed by atoms with Crippen molar-refractivity contribution in [2.24, 2.45) is 0 Å². The van der Waals surface area contributed by atoms with Crippen LogP contribution >= 0.6 is 15.9 Å². The van der Waals surface area contributed by atoms with E-state index in [0.29, 0.717) is 19.4 Å². The number of rotatable bonds is 6. The van der Waals surface area contributed by atoms with Crippen LogP contribution in [0.1, 0.15) is 12.0 Å². The molecule has 0 saturated carbocycles. The molecule has 0 aromatic heterocycles. The van der Waals surface area contributed by atoms with E-state index in [1.807, 2.05) is 24.3 Å². The molecule has 2 unspecified atom stereocenters. The van der Waals surface area contributed by atoms with Gasteiger partial charge in [-0.2, -0.15) is 0 Å². The topological polar surface area (TPSA) is 95.9 Å². The summed E-state index contributed by atoms with van der Waals surface area (Å²) in [6, 6.07) is 6.62.